The molecule has 0 atom stereocenters. The highest BCUT2D eigenvalue weighted by Crippen LogP contribution is 2.11. The van der Waals surface area contributed by atoms with Crippen LogP contribution in [-0.4, -0.2) is 50.1 Å². The van der Waals surface area contributed by atoms with E-state index < -0.39 is 5.60 Å². The van der Waals surface area contributed by atoms with E-state index in [-0.39, 0.29) is 12.5 Å². The van der Waals surface area contributed by atoms with Crippen molar-refractivity contribution in [3.05, 3.63) is 0 Å². The molecule has 0 saturated heterocycles. The van der Waals surface area contributed by atoms with E-state index in [1.54, 1.807) is 7.11 Å². The zero-order valence-corrected chi connectivity index (χ0v) is 10.4. The maximum Gasteiger partial charge on any atom is 0.222 e. The normalized spacial score (nSPS) is 11.5. The van der Waals surface area contributed by atoms with Gasteiger partial charge in [-0.1, -0.05) is 0 Å². The van der Waals surface area contributed by atoms with E-state index in [0.29, 0.717) is 26.2 Å². The van der Waals surface area contributed by atoms with Crippen LogP contribution in [0.1, 0.15) is 26.7 Å². The molecule has 0 aromatic rings. The van der Waals surface area contributed by atoms with Gasteiger partial charge in [-0.05, 0) is 20.3 Å². The van der Waals surface area contributed by atoms with E-state index in [1.165, 1.54) is 0 Å². The number of ether oxygens (including phenoxy) is 2. The van der Waals surface area contributed by atoms with Gasteiger partial charge < -0.3 is 19.9 Å². The average Bonchev–Trinajstić information content (AvgIpc) is 2.22. The molecule has 0 heterocycles. The molecule has 1 amide bonds. The van der Waals surface area contributed by atoms with Gasteiger partial charge >= 0.3 is 0 Å². The number of aliphatic hydroxyl groups is 1. The lowest BCUT2D eigenvalue weighted by molar-refractivity contribution is -0.126. The Bertz CT molecular complexity index is 194. The monoisotopic (exact) mass is 233 g/mol. The highest BCUT2D eigenvalue weighted by molar-refractivity contribution is 5.76. The summed E-state index contributed by atoms with van der Waals surface area (Å²) in [5, 5.41) is 11.2. The lowest BCUT2D eigenvalue weighted by Gasteiger charge is -2.21. The second-order valence-electron chi connectivity index (χ2n) is 4.18. The van der Waals surface area contributed by atoms with Gasteiger partial charge in [-0.15, -0.1) is 0 Å². The molecule has 0 spiro atoms. The average molecular weight is 233 g/mol. The zero-order valence-electron chi connectivity index (χ0n) is 10.4. The van der Waals surface area contributed by atoms with Crippen LogP contribution in [0.5, 0.6) is 0 Å². The standard InChI is InChI=1S/C11H23NO4/c1-11(2,15-3)9-10(14)12-5-4-7-16-8-6-13/h13H,4-9H2,1-3H3,(H,12,14). The van der Waals surface area contributed by atoms with Gasteiger partial charge in [0, 0.05) is 20.3 Å². The first-order chi connectivity index (χ1) is 7.52. The minimum absolute atomic E-state index is 0.0194. The quantitative estimate of drug-likeness (QED) is 0.563. The molecule has 96 valence electrons. The largest absolute Gasteiger partial charge is 0.394 e. The maximum atomic E-state index is 11.4. The Morgan fingerprint density at radius 3 is 2.62 bits per heavy atom. The first-order valence-corrected chi connectivity index (χ1v) is 5.52. The van der Waals surface area contributed by atoms with Crippen molar-refractivity contribution in [3.63, 3.8) is 0 Å². The Balaban J connectivity index is 3.44. The lowest BCUT2D eigenvalue weighted by Crippen LogP contribution is -2.34. The van der Waals surface area contributed by atoms with Crippen molar-refractivity contribution in [2.45, 2.75) is 32.3 Å². The van der Waals surface area contributed by atoms with Crippen LogP contribution in [0.25, 0.3) is 0 Å². The number of hydrogen-bond acceptors (Lipinski definition) is 4. The summed E-state index contributed by atoms with van der Waals surface area (Å²) in [7, 11) is 1.59. The van der Waals surface area contributed by atoms with Crippen LogP contribution in [0.2, 0.25) is 0 Å². The van der Waals surface area contributed by atoms with E-state index in [0.717, 1.165) is 6.42 Å². The molecule has 0 aliphatic rings. The van der Waals surface area contributed by atoms with Crippen molar-refractivity contribution in [2.75, 3.05) is 33.5 Å². The van der Waals surface area contributed by atoms with E-state index in [4.69, 9.17) is 14.6 Å². The number of carbonyl (C=O) groups excluding carboxylic acids is 1. The van der Waals surface area contributed by atoms with Gasteiger partial charge in [0.15, 0.2) is 0 Å². The fourth-order valence-electron chi connectivity index (χ4n) is 1.09. The number of methoxy groups -OCH3 is 1. The molecule has 0 aliphatic heterocycles. The Kier molecular flexibility index (Phi) is 8.15. The van der Waals surface area contributed by atoms with Crippen LogP contribution in [-0.2, 0) is 14.3 Å². The zero-order chi connectivity index (χ0) is 12.4. The summed E-state index contributed by atoms with van der Waals surface area (Å²) in [4.78, 5) is 11.4. The van der Waals surface area contributed by atoms with Crippen molar-refractivity contribution in [1.29, 1.82) is 0 Å². The molecule has 0 bridgehead atoms. The summed E-state index contributed by atoms with van der Waals surface area (Å²) >= 11 is 0. The van der Waals surface area contributed by atoms with Crippen LogP contribution in [0.4, 0.5) is 0 Å². The molecule has 0 rings (SSSR count). The van der Waals surface area contributed by atoms with Crippen molar-refractivity contribution in [1.82, 2.24) is 5.32 Å². The van der Waals surface area contributed by atoms with Crippen molar-refractivity contribution < 1.29 is 19.4 Å². The maximum absolute atomic E-state index is 11.4. The van der Waals surface area contributed by atoms with Gasteiger partial charge in [0.1, 0.15) is 0 Å². The van der Waals surface area contributed by atoms with E-state index in [9.17, 15) is 4.79 Å². The molecule has 0 aromatic carbocycles. The molecule has 5 heteroatoms. The van der Waals surface area contributed by atoms with Crippen molar-refractivity contribution >= 4 is 5.91 Å². The second kappa shape index (κ2) is 8.50. The smallest absolute Gasteiger partial charge is 0.222 e. The topological polar surface area (TPSA) is 67.8 Å². The number of nitrogens with one attached hydrogen (secondary N) is 1. The lowest BCUT2D eigenvalue weighted by atomic mass is 10.1. The number of carbonyl (C=O) groups is 1. The third-order valence-corrected chi connectivity index (χ3v) is 2.16. The van der Waals surface area contributed by atoms with Crippen molar-refractivity contribution in [3.8, 4) is 0 Å². The van der Waals surface area contributed by atoms with E-state index >= 15 is 0 Å². The third-order valence-electron chi connectivity index (χ3n) is 2.16. The summed E-state index contributed by atoms with van der Waals surface area (Å²) in [5.41, 5.74) is -0.419. The Morgan fingerprint density at radius 1 is 1.38 bits per heavy atom. The molecule has 2 N–H and O–H groups in total. The van der Waals surface area contributed by atoms with Gasteiger partial charge in [-0.25, -0.2) is 0 Å². The van der Waals surface area contributed by atoms with Gasteiger partial charge in [0.2, 0.25) is 5.91 Å². The van der Waals surface area contributed by atoms with Crippen LogP contribution < -0.4 is 5.32 Å². The predicted molar refractivity (Wildman–Crippen MR) is 61.2 cm³/mol. The van der Waals surface area contributed by atoms with Crippen molar-refractivity contribution in [2.24, 2.45) is 0 Å². The van der Waals surface area contributed by atoms with E-state index in [2.05, 4.69) is 5.32 Å². The summed E-state index contributed by atoms with van der Waals surface area (Å²) in [5.74, 6) is -0.0194. The first-order valence-electron chi connectivity index (χ1n) is 5.52. The summed E-state index contributed by atoms with van der Waals surface area (Å²) < 4.78 is 10.2. The van der Waals surface area contributed by atoms with Crippen LogP contribution >= 0.6 is 0 Å². The fraction of sp³-hybridized carbons (Fsp3) is 0.909. The summed E-state index contributed by atoms with van der Waals surface area (Å²) in [6.45, 7) is 5.27. The SMILES string of the molecule is COC(C)(C)CC(=O)NCCCOCCO. The molecular formula is C11H23NO4. The molecule has 5 nitrogen and oxygen atoms in total. The molecule has 0 saturated carbocycles. The van der Waals surface area contributed by atoms with Gasteiger partial charge in [0.25, 0.3) is 0 Å². The molecule has 16 heavy (non-hydrogen) atoms. The molecule has 0 aliphatic carbocycles. The Hall–Kier alpha value is -0.650. The molecule has 0 unspecified atom stereocenters. The van der Waals surface area contributed by atoms with Crippen LogP contribution in [0.3, 0.4) is 0 Å². The van der Waals surface area contributed by atoms with Crippen LogP contribution in [0.15, 0.2) is 0 Å². The number of aliphatic hydroxyl groups excluding tert-OH is 1. The fourth-order valence-corrected chi connectivity index (χ4v) is 1.09. The third kappa shape index (κ3) is 8.64. The minimum atomic E-state index is -0.419. The summed E-state index contributed by atoms with van der Waals surface area (Å²) in [6, 6.07) is 0. The van der Waals surface area contributed by atoms with E-state index in [1.807, 2.05) is 13.8 Å². The number of amides is 1. The summed E-state index contributed by atoms with van der Waals surface area (Å²) in [6.07, 6.45) is 1.10. The minimum Gasteiger partial charge on any atom is -0.394 e. The Morgan fingerprint density at radius 2 is 2.06 bits per heavy atom. The predicted octanol–water partition coefficient (Wildman–Crippen LogP) is 0.317. The number of hydrogen-bond donors (Lipinski definition) is 2. The molecule has 0 aromatic heterocycles. The van der Waals surface area contributed by atoms with Gasteiger partial charge in [-0.2, -0.15) is 0 Å². The van der Waals surface area contributed by atoms with Gasteiger partial charge in [-0.3, -0.25) is 4.79 Å². The number of rotatable bonds is 9. The highest BCUT2D eigenvalue weighted by atomic mass is 16.5. The first kappa shape index (κ1) is 15.3. The highest BCUT2D eigenvalue weighted by Gasteiger charge is 2.20. The second-order valence-corrected chi connectivity index (χ2v) is 4.18. The van der Waals surface area contributed by atoms with Gasteiger partial charge in [0.05, 0.1) is 25.2 Å². The molecular weight excluding hydrogens is 210 g/mol. The molecule has 0 radical (unpaired) electrons. The molecule has 0 fully saturated rings. The Labute approximate surface area is 97.1 Å². The van der Waals surface area contributed by atoms with Crippen LogP contribution in [0, 0.1) is 0 Å².